The molecule has 0 saturated carbocycles. The lowest BCUT2D eigenvalue weighted by Crippen LogP contribution is -2.15. The topological polar surface area (TPSA) is 94.8 Å². The number of allylic oxidation sites excluding steroid dienone is 1. The number of rotatable bonds is 9. The normalized spacial score (nSPS) is 11.7. The molecule has 3 rings (SSSR count). The van der Waals surface area contributed by atoms with Crippen LogP contribution in [0.4, 0.5) is 5.13 Å². The molecule has 3 aromatic rings. The van der Waals surface area contributed by atoms with E-state index >= 15 is 0 Å². The Hall–Kier alpha value is -2.72. The van der Waals surface area contributed by atoms with E-state index in [2.05, 4.69) is 32.3 Å². The number of hydrogen-bond acceptors (Lipinski definition) is 8. The molecule has 2 aromatic heterocycles. The Morgan fingerprint density at radius 1 is 1.37 bits per heavy atom. The molecule has 1 aromatic carbocycles. The van der Waals surface area contributed by atoms with Crippen LogP contribution in [0.5, 0.6) is 5.75 Å². The Bertz CT molecular complexity index is 882. The van der Waals surface area contributed by atoms with E-state index in [0.29, 0.717) is 22.7 Å². The summed E-state index contributed by atoms with van der Waals surface area (Å²) in [5, 5.41) is 19.7. The van der Waals surface area contributed by atoms with Gasteiger partial charge in [-0.3, -0.25) is 14.7 Å². The van der Waals surface area contributed by atoms with Crippen molar-refractivity contribution in [1.29, 1.82) is 0 Å². The molecule has 1 unspecified atom stereocenters. The molecule has 0 aliphatic rings. The minimum atomic E-state index is -0.301. The van der Waals surface area contributed by atoms with Crippen LogP contribution in [-0.2, 0) is 11.3 Å². The fourth-order valence-corrected chi connectivity index (χ4v) is 3.49. The van der Waals surface area contributed by atoms with Gasteiger partial charge in [0.05, 0.1) is 5.75 Å². The number of para-hydroxylation sites is 1. The van der Waals surface area contributed by atoms with Crippen LogP contribution in [-0.4, -0.2) is 36.6 Å². The summed E-state index contributed by atoms with van der Waals surface area (Å²) in [4.78, 5) is 12.0. The van der Waals surface area contributed by atoms with E-state index in [1.807, 2.05) is 41.8 Å². The van der Waals surface area contributed by atoms with Crippen LogP contribution in [0.15, 0.2) is 53.7 Å². The molecular formula is C17H18N6O2S2. The van der Waals surface area contributed by atoms with Gasteiger partial charge in [-0.05, 0) is 19.1 Å². The van der Waals surface area contributed by atoms with Gasteiger partial charge in [-0.25, -0.2) is 0 Å². The van der Waals surface area contributed by atoms with Crippen molar-refractivity contribution in [3.05, 3.63) is 54.3 Å². The van der Waals surface area contributed by atoms with Crippen molar-refractivity contribution in [3.8, 4) is 5.75 Å². The van der Waals surface area contributed by atoms with Crippen LogP contribution in [0.1, 0.15) is 18.9 Å². The molecule has 0 radical (unpaired) electrons. The summed E-state index contributed by atoms with van der Waals surface area (Å²) in [6, 6.07) is 9.53. The van der Waals surface area contributed by atoms with Gasteiger partial charge in [-0.1, -0.05) is 47.4 Å². The zero-order valence-corrected chi connectivity index (χ0v) is 16.2. The van der Waals surface area contributed by atoms with E-state index in [9.17, 15) is 4.79 Å². The van der Waals surface area contributed by atoms with Crippen molar-refractivity contribution >= 4 is 34.1 Å². The van der Waals surface area contributed by atoms with Gasteiger partial charge in [-0.15, -0.1) is 27.0 Å². The Labute approximate surface area is 164 Å². The molecule has 8 nitrogen and oxygen atoms in total. The number of amides is 1. The highest BCUT2D eigenvalue weighted by Gasteiger charge is 2.19. The van der Waals surface area contributed by atoms with E-state index < -0.39 is 0 Å². The monoisotopic (exact) mass is 402 g/mol. The van der Waals surface area contributed by atoms with Gasteiger partial charge < -0.3 is 4.74 Å². The fraction of sp³-hybridized carbons (Fsp3) is 0.235. The fourth-order valence-electron chi connectivity index (χ4n) is 2.28. The molecule has 0 spiro atoms. The standard InChI is InChI=1S/C17H18N6O2S2/c1-3-9-23-15(12(2)25-13-7-5-4-6-8-13)20-22-17(23)26-10-14(24)19-16-21-18-11-27-16/h3-8,11-12H,1,9-10H2,2H3,(H,19,21,24). The summed E-state index contributed by atoms with van der Waals surface area (Å²) in [5.41, 5.74) is 1.56. The summed E-state index contributed by atoms with van der Waals surface area (Å²) in [6.45, 7) is 6.22. The third-order valence-electron chi connectivity index (χ3n) is 3.42. The van der Waals surface area contributed by atoms with Gasteiger partial charge in [0, 0.05) is 6.54 Å². The quantitative estimate of drug-likeness (QED) is 0.434. The van der Waals surface area contributed by atoms with Crippen molar-refractivity contribution in [2.45, 2.75) is 24.7 Å². The van der Waals surface area contributed by atoms with Crippen molar-refractivity contribution < 1.29 is 9.53 Å². The average Bonchev–Trinajstić information content (AvgIpc) is 3.31. The zero-order chi connectivity index (χ0) is 19.1. The Morgan fingerprint density at radius 2 is 2.19 bits per heavy atom. The smallest absolute Gasteiger partial charge is 0.236 e. The molecule has 1 N–H and O–H groups in total. The SMILES string of the molecule is C=CCn1c(SCC(=O)Nc2nncs2)nnc1C(C)Oc1ccccc1. The highest BCUT2D eigenvalue weighted by atomic mass is 32.2. The van der Waals surface area contributed by atoms with E-state index in [0.717, 1.165) is 5.75 Å². The maximum Gasteiger partial charge on any atom is 0.236 e. The van der Waals surface area contributed by atoms with E-state index in [-0.39, 0.29) is 17.8 Å². The Kier molecular flexibility index (Phi) is 6.55. The Morgan fingerprint density at radius 3 is 2.89 bits per heavy atom. The van der Waals surface area contributed by atoms with Gasteiger partial charge in [0.25, 0.3) is 0 Å². The first-order chi connectivity index (χ1) is 13.2. The lowest BCUT2D eigenvalue weighted by Gasteiger charge is -2.15. The van der Waals surface area contributed by atoms with E-state index in [1.54, 1.807) is 11.6 Å². The first kappa shape index (κ1) is 19.1. The number of nitrogens with zero attached hydrogens (tertiary/aromatic N) is 5. The zero-order valence-electron chi connectivity index (χ0n) is 14.6. The third kappa shape index (κ3) is 5.14. The molecule has 27 heavy (non-hydrogen) atoms. The molecule has 10 heteroatoms. The molecule has 140 valence electrons. The number of nitrogens with one attached hydrogen (secondary N) is 1. The predicted molar refractivity (Wildman–Crippen MR) is 105 cm³/mol. The second-order valence-corrected chi connectivity index (χ2v) is 7.17. The molecule has 1 atom stereocenters. The lowest BCUT2D eigenvalue weighted by molar-refractivity contribution is -0.113. The first-order valence-electron chi connectivity index (χ1n) is 8.12. The highest BCUT2D eigenvalue weighted by molar-refractivity contribution is 7.99. The summed E-state index contributed by atoms with van der Waals surface area (Å²) in [5.74, 6) is 1.43. The summed E-state index contributed by atoms with van der Waals surface area (Å²) in [7, 11) is 0. The Balaban J connectivity index is 1.67. The van der Waals surface area contributed by atoms with Gasteiger partial charge >= 0.3 is 0 Å². The van der Waals surface area contributed by atoms with Crippen LogP contribution in [0, 0.1) is 0 Å². The van der Waals surface area contributed by atoms with Crippen LogP contribution in [0.3, 0.4) is 0 Å². The molecular weight excluding hydrogens is 384 g/mol. The number of carbonyl (C=O) groups is 1. The molecule has 0 saturated heterocycles. The van der Waals surface area contributed by atoms with E-state index in [1.165, 1.54) is 23.1 Å². The molecule has 0 fully saturated rings. The largest absolute Gasteiger partial charge is 0.483 e. The number of hydrogen-bond donors (Lipinski definition) is 1. The van der Waals surface area contributed by atoms with Crippen LogP contribution in [0.25, 0.3) is 0 Å². The predicted octanol–water partition coefficient (Wildman–Crippen LogP) is 3.19. The van der Waals surface area contributed by atoms with Crippen LogP contribution < -0.4 is 10.1 Å². The molecule has 0 aliphatic carbocycles. The highest BCUT2D eigenvalue weighted by Crippen LogP contribution is 2.24. The van der Waals surface area contributed by atoms with Crippen molar-refractivity contribution in [2.24, 2.45) is 0 Å². The maximum absolute atomic E-state index is 12.0. The summed E-state index contributed by atoms with van der Waals surface area (Å²) < 4.78 is 7.83. The van der Waals surface area contributed by atoms with Gasteiger partial charge in [0.2, 0.25) is 11.0 Å². The number of anilines is 1. The number of aromatic nitrogens is 5. The summed E-state index contributed by atoms with van der Waals surface area (Å²) in [6.07, 6.45) is 1.46. The third-order valence-corrected chi connectivity index (χ3v) is 4.99. The molecule has 2 heterocycles. The van der Waals surface area contributed by atoms with Gasteiger partial charge in [0.15, 0.2) is 17.1 Å². The second kappa shape index (κ2) is 9.28. The van der Waals surface area contributed by atoms with Crippen LogP contribution >= 0.6 is 23.1 Å². The summed E-state index contributed by atoms with van der Waals surface area (Å²) >= 11 is 2.56. The van der Waals surface area contributed by atoms with Crippen LogP contribution in [0.2, 0.25) is 0 Å². The number of thioether (sulfide) groups is 1. The van der Waals surface area contributed by atoms with Gasteiger partial charge in [-0.2, -0.15) is 0 Å². The lowest BCUT2D eigenvalue weighted by atomic mass is 10.3. The molecule has 0 aliphatic heterocycles. The second-order valence-electron chi connectivity index (χ2n) is 5.39. The van der Waals surface area contributed by atoms with Crippen molar-refractivity contribution in [2.75, 3.05) is 11.1 Å². The number of carbonyl (C=O) groups excluding carboxylic acids is 1. The first-order valence-corrected chi connectivity index (χ1v) is 9.98. The number of ether oxygens (including phenoxy) is 1. The minimum absolute atomic E-state index is 0.181. The van der Waals surface area contributed by atoms with Gasteiger partial charge in [0.1, 0.15) is 11.3 Å². The average molecular weight is 403 g/mol. The maximum atomic E-state index is 12.0. The molecule has 0 bridgehead atoms. The van der Waals surface area contributed by atoms with Crippen molar-refractivity contribution in [3.63, 3.8) is 0 Å². The minimum Gasteiger partial charge on any atom is -0.483 e. The number of benzene rings is 1. The molecule has 1 amide bonds. The van der Waals surface area contributed by atoms with Crippen molar-refractivity contribution in [1.82, 2.24) is 25.0 Å². The van der Waals surface area contributed by atoms with E-state index in [4.69, 9.17) is 4.74 Å².